The molecule has 3 atom stereocenters. The summed E-state index contributed by atoms with van der Waals surface area (Å²) in [6.45, 7) is 9.90. The predicted octanol–water partition coefficient (Wildman–Crippen LogP) is 3.12. The molecule has 3 rings (SSSR count). The van der Waals surface area contributed by atoms with Gasteiger partial charge in [0.2, 0.25) is 0 Å². The molecule has 0 radical (unpaired) electrons. The fraction of sp³-hybridized carbons (Fsp3) is 0.632. The van der Waals surface area contributed by atoms with Crippen LogP contribution in [0.3, 0.4) is 0 Å². The van der Waals surface area contributed by atoms with Crippen molar-refractivity contribution in [2.24, 2.45) is 11.3 Å². The SMILES string of the molecule is CC(C)Nc1cccc(CNC(=O)N[C@@H]2[C@H]3CCO[C@@H]3C2(C)C)c1. The first kappa shape index (κ1) is 17.1. The Bertz CT molecular complexity index is 600. The number of carbonyl (C=O) groups is 1. The standard InChI is InChI=1S/C19H29N3O2/c1-12(2)21-14-7-5-6-13(10-14)11-20-18(23)22-16-15-8-9-24-17(15)19(16,3)4/h5-7,10,12,15-17,21H,8-9,11H2,1-4H3,(H2,20,22,23)/t15-,16-,17+/m1/s1. The lowest BCUT2D eigenvalue weighted by Crippen LogP contribution is -2.67. The lowest BCUT2D eigenvalue weighted by atomic mass is 9.57. The van der Waals surface area contributed by atoms with Gasteiger partial charge >= 0.3 is 6.03 Å². The zero-order chi connectivity index (χ0) is 17.3. The lowest BCUT2D eigenvalue weighted by molar-refractivity contribution is -0.108. The molecule has 1 aliphatic heterocycles. The number of hydrogen-bond donors (Lipinski definition) is 3. The minimum Gasteiger partial charge on any atom is -0.383 e. The van der Waals surface area contributed by atoms with Gasteiger partial charge in [0, 0.05) is 42.3 Å². The first-order valence-corrected chi connectivity index (χ1v) is 8.89. The summed E-state index contributed by atoms with van der Waals surface area (Å²) in [5.41, 5.74) is 2.18. The third-order valence-electron chi connectivity index (χ3n) is 5.22. The van der Waals surface area contributed by atoms with E-state index >= 15 is 0 Å². The van der Waals surface area contributed by atoms with Crippen LogP contribution < -0.4 is 16.0 Å². The van der Waals surface area contributed by atoms with Crippen molar-refractivity contribution in [1.29, 1.82) is 0 Å². The highest BCUT2D eigenvalue weighted by atomic mass is 16.5. The van der Waals surface area contributed by atoms with Gasteiger partial charge in [-0.1, -0.05) is 26.0 Å². The van der Waals surface area contributed by atoms with Crippen LogP contribution in [0.25, 0.3) is 0 Å². The second-order valence-electron chi connectivity index (χ2n) is 7.87. The first-order valence-electron chi connectivity index (χ1n) is 8.89. The maximum atomic E-state index is 12.3. The highest BCUT2D eigenvalue weighted by molar-refractivity contribution is 5.74. The maximum absolute atomic E-state index is 12.3. The molecule has 2 fully saturated rings. The fourth-order valence-electron chi connectivity index (χ4n) is 4.10. The second-order valence-corrected chi connectivity index (χ2v) is 7.87. The topological polar surface area (TPSA) is 62.4 Å². The van der Waals surface area contributed by atoms with Crippen LogP contribution in [0.4, 0.5) is 10.5 Å². The van der Waals surface area contributed by atoms with Crippen molar-refractivity contribution in [3.63, 3.8) is 0 Å². The summed E-state index contributed by atoms with van der Waals surface area (Å²) < 4.78 is 5.77. The zero-order valence-corrected chi connectivity index (χ0v) is 15.1. The number of amides is 2. The van der Waals surface area contributed by atoms with Crippen molar-refractivity contribution in [1.82, 2.24) is 10.6 Å². The highest BCUT2D eigenvalue weighted by Crippen LogP contribution is 2.52. The molecule has 2 aliphatic rings. The average Bonchev–Trinajstić information content (AvgIpc) is 2.97. The molecular weight excluding hydrogens is 302 g/mol. The monoisotopic (exact) mass is 331 g/mol. The van der Waals surface area contributed by atoms with Crippen molar-refractivity contribution in [2.75, 3.05) is 11.9 Å². The van der Waals surface area contributed by atoms with Gasteiger partial charge in [-0.2, -0.15) is 0 Å². The number of urea groups is 1. The maximum Gasteiger partial charge on any atom is 0.315 e. The predicted molar refractivity (Wildman–Crippen MR) is 96.0 cm³/mol. The molecule has 2 amide bonds. The van der Waals surface area contributed by atoms with Crippen LogP contribution in [0.5, 0.6) is 0 Å². The third-order valence-corrected chi connectivity index (χ3v) is 5.22. The number of ether oxygens (including phenoxy) is 1. The van der Waals surface area contributed by atoms with Gasteiger partial charge in [0.15, 0.2) is 0 Å². The van der Waals surface area contributed by atoms with Crippen molar-refractivity contribution < 1.29 is 9.53 Å². The van der Waals surface area contributed by atoms with Crippen molar-refractivity contribution in [2.45, 2.75) is 58.8 Å². The molecule has 5 nitrogen and oxygen atoms in total. The normalized spacial score (nSPS) is 27.3. The summed E-state index contributed by atoms with van der Waals surface area (Å²) >= 11 is 0. The number of carbonyl (C=O) groups excluding carboxylic acids is 1. The molecule has 0 aromatic heterocycles. The summed E-state index contributed by atoms with van der Waals surface area (Å²) in [5, 5.41) is 9.50. The summed E-state index contributed by atoms with van der Waals surface area (Å²) in [4.78, 5) is 12.3. The zero-order valence-electron chi connectivity index (χ0n) is 15.1. The van der Waals surface area contributed by atoms with Crippen LogP contribution in [-0.2, 0) is 11.3 Å². The van der Waals surface area contributed by atoms with Crippen LogP contribution in [0.2, 0.25) is 0 Å². The van der Waals surface area contributed by atoms with Crippen LogP contribution in [0.1, 0.15) is 39.7 Å². The summed E-state index contributed by atoms with van der Waals surface area (Å²) in [5.74, 6) is 0.462. The van der Waals surface area contributed by atoms with Crippen LogP contribution in [-0.4, -0.2) is 30.8 Å². The smallest absolute Gasteiger partial charge is 0.315 e. The van der Waals surface area contributed by atoms with Crippen molar-refractivity contribution in [3.8, 4) is 0 Å². The summed E-state index contributed by atoms with van der Waals surface area (Å²) in [6, 6.07) is 8.64. The molecule has 3 N–H and O–H groups in total. The van der Waals surface area contributed by atoms with Gasteiger partial charge in [-0.25, -0.2) is 4.79 Å². The second kappa shape index (κ2) is 6.63. The Morgan fingerprint density at radius 1 is 1.38 bits per heavy atom. The molecular formula is C19H29N3O2. The van der Waals surface area contributed by atoms with Crippen molar-refractivity contribution in [3.05, 3.63) is 29.8 Å². The van der Waals surface area contributed by atoms with Gasteiger partial charge in [-0.3, -0.25) is 0 Å². The van der Waals surface area contributed by atoms with E-state index in [9.17, 15) is 4.79 Å². The van der Waals surface area contributed by atoms with Gasteiger partial charge in [0.25, 0.3) is 0 Å². The minimum absolute atomic E-state index is 0.0135. The van der Waals surface area contributed by atoms with Gasteiger partial charge in [0.1, 0.15) is 0 Å². The first-order chi connectivity index (χ1) is 11.4. The van der Waals surface area contributed by atoms with E-state index in [1.807, 2.05) is 18.2 Å². The molecule has 1 aliphatic carbocycles. The Labute approximate surface area is 144 Å². The molecule has 24 heavy (non-hydrogen) atoms. The van der Waals surface area contributed by atoms with E-state index in [1.165, 1.54) is 0 Å². The van der Waals surface area contributed by atoms with E-state index in [1.54, 1.807) is 0 Å². The Hall–Kier alpha value is -1.75. The van der Waals surface area contributed by atoms with Crippen LogP contribution >= 0.6 is 0 Å². The van der Waals surface area contributed by atoms with Crippen molar-refractivity contribution >= 4 is 11.7 Å². The Morgan fingerprint density at radius 3 is 2.92 bits per heavy atom. The fourth-order valence-corrected chi connectivity index (χ4v) is 4.10. The van der Waals surface area contributed by atoms with Crippen LogP contribution in [0, 0.1) is 11.3 Å². The van der Waals surface area contributed by atoms with Crippen LogP contribution in [0.15, 0.2) is 24.3 Å². The molecule has 1 aromatic carbocycles. The number of rotatable bonds is 5. The largest absolute Gasteiger partial charge is 0.383 e. The average molecular weight is 331 g/mol. The molecule has 1 saturated carbocycles. The quantitative estimate of drug-likeness (QED) is 0.777. The molecule has 132 valence electrons. The lowest BCUT2D eigenvalue weighted by Gasteiger charge is -2.54. The van der Waals surface area contributed by atoms with Gasteiger partial charge in [-0.05, 0) is 38.0 Å². The van der Waals surface area contributed by atoms with E-state index in [-0.39, 0.29) is 17.5 Å². The Balaban J connectivity index is 1.51. The highest BCUT2D eigenvalue weighted by Gasteiger charge is 2.59. The van der Waals surface area contributed by atoms with E-state index in [4.69, 9.17) is 4.74 Å². The Morgan fingerprint density at radius 2 is 2.17 bits per heavy atom. The molecule has 1 aromatic rings. The molecule has 0 bridgehead atoms. The van der Waals surface area contributed by atoms with E-state index in [0.29, 0.717) is 24.6 Å². The minimum atomic E-state index is -0.0966. The van der Waals surface area contributed by atoms with Gasteiger partial charge in [0.05, 0.1) is 6.10 Å². The number of nitrogens with one attached hydrogen (secondary N) is 3. The van der Waals surface area contributed by atoms with E-state index in [2.05, 4.69) is 49.7 Å². The Kier molecular flexibility index (Phi) is 4.72. The number of hydrogen-bond acceptors (Lipinski definition) is 3. The van der Waals surface area contributed by atoms with Gasteiger partial charge in [-0.15, -0.1) is 0 Å². The number of fused-ring (bicyclic) bond motifs is 1. The number of anilines is 1. The molecule has 1 saturated heterocycles. The summed E-state index contributed by atoms with van der Waals surface area (Å²) in [7, 11) is 0. The summed E-state index contributed by atoms with van der Waals surface area (Å²) in [6.07, 6.45) is 1.34. The third kappa shape index (κ3) is 3.36. The molecule has 1 heterocycles. The van der Waals surface area contributed by atoms with E-state index < -0.39 is 0 Å². The molecule has 5 heteroatoms. The molecule has 0 spiro atoms. The van der Waals surface area contributed by atoms with Gasteiger partial charge < -0.3 is 20.7 Å². The molecule has 0 unspecified atom stereocenters. The van der Waals surface area contributed by atoms with E-state index in [0.717, 1.165) is 24.3 Å². The number of benzene rings is 1.